The van der Waals surface area contributed by atoms with Crippen LogP contribution in [-0.4, -0.2) is 10.9 Å². The lowest BCUT2D eigenvalue weighted by molar-refractivity contribution is 0.000719. The van der Waals surface area contributed by atoms with Crippen LogP contribution in [0.15, 0.2) is 42.7 Å². The maximum absolute atomic E-state index is 11.7. The van der Waals surface area contributed by atoms with Gasteiger partial charge >= 0.3 is 0 Å². The summed E-state index contributed by atoms with van der Waals surface area (Å²) in [5, 5.41) is 1.000. The van der Waals surface area contributed by atoms with Crippen molar-refractivity contribution in [3.05, 3.63) is 63.9 Å². The predicted molar refractivity (Wildman–Crippen MR) is 76.1 cm³/mol. The van der Waals surface area contributed by atoms with Gasteiger partial charge in [0.15, 0.2) is 0 Å². The minimum atomic E-state index is -0.336. The average Bonchev–Trinajstić information content (AvgIpc) is 2.46. The van der Waals surface area contributed by atoms with Crippen molar-refractivity contribution in [2.75, 3.05) is 0 Å². The molecular weight excluding hydrogens is 301 g/mol. The highest BCUT2D eigenvalue weighted by molar-refractivity contribution is 6.35. The van der Waals surface area contributed by atoms with Gasteiger partial charge in [-0.05, 0) is 24.3 Å². The van der Waals surface area contributed by atoms with E-state index in [1.807, 2.05) is 0 Å². The fourth-order valence-corrected chi connectivity index (χ4v) is 1.94. The molecule has 0 saturated carbocycles. The first kappa shape index (κ1) is 14.7. The summed E-state index contributed by atoms with van der Waals surface area (Å²) in [6.45, 7) is 0.120. The second-order valence-corrected chi connectivity index (χ2v) is 4.60. The lowest BCUT2D eigenvalue weighted by Gasteiger charge is -2.09. The molecule has 0 spiro atoms. The van der Waals surface area contributed by atoms with Crippen molar-refractivity contribution in [3.8, 4) is 0 Å². The second-order valence-electron chi connectivity index (χ2n) is 3.78. The van der Waals surface area contributed by atoms with Crippen LogP contribution in [0, 0.1) is 0 Å². The molecule has 104 valence electrons. The third kappa shape index (κ3) is 3.91. The lowest BCUT2D eigenvalue weighted by atomic mass is 10.2. The zero-order valence-corrected chi connectivity index (χ0v) is 11.8. The van der Waals surface area contributed by atoms with E-state index in [0.717, 1.165) is 0 Å². The Bertz CT molecular complexity index is 573. The minimum Gasteiger partial charge on any atom is -0.277 e. The SMILES string of the molecule is O=C(NNOCc1c(Cl)cccc1Cl)c1ccncc1. The van der Waals surface area contributed by atoms with E-state index < -0.39 is 0 Å². The van der Waals surface area contributed by atoms with E-state index in [1.54, 1.807) is 30.3 Å². The number of hydrogen-bond donors (Lipinski definition) is 2. The number of benzene rings is 1. The van der Waals surface area contributed by atoms with E-state index in [-0.39, 0.29) is 12.5 Å². The van der Waals surface area contributed by atoms with E-state index in [2.05, 4.69) is 16.0 Å². The molecule has 20 heavy (non-hydrogen) atoms. The van der Waals surface area contributed by atoms with Crippen molar-refractivity contribution in [1.82, 2.24) is 16.0 Å². The first-order valence-corrected chi connectivity index (χ1v) is 6.44. The van der Waals surface area contributed by atoms with Gasteiger partial charge < -0.3 is 0 Å². The Labute approximate surface area is 125 Å². The van der Waals surface area contributed by atoms with E-state index in [1.165, 1.54) is 12.4 Å². The van der Waals surface area contributed by atoms with E-state index in [9.17, 15) is 4.79 Å². The highest BCUT2D eigenvalue weighted by atomic mass is 35.5. The van der Waals surface area contributed by atoms with Gasteiger partial charge in [-0.15, -0.1) is 5.59 Å². The Morgan fingerprint density at radius 1 is 1.15 bits per heavy atom. The van der Waals surface area contributed by atoms with Gasteiger partial charge in [0, 0.05) is 33.6 Å². The van der Waals surface area contributed by atoms with E-state index in [0.29, 0.717) is 21.2 Å². The lowest BCUT2D eigenvalue weighted by Crippen LogP contribution is -2.37. The Hall–Kier alpha value is -1.66. The minimum absolute atomic E-state index is 0.120. The van der Waals surface area contributed by atoms with Crippen LogP contribution in [0.25, 0.3) is 0 Å². The standard InChI is InChI=1S/C13H11Cl2N3O2/c14-11-2-1-3-12(15)10(11)8-20-18-17-13(19)9-4-6-16-7-5-9/h1-7,18H,8H2,(H,17,19). The molecule has 1 amide bonds. The molecule has 1 heterocycles. The third-order valence-electron chi connectivity index (χ3n) is 2.46. The Morgan fingerprint density at radius 2 is 1.80 bits per heavy atom. The average molecular weight is 312 g/mol. The molecule has 0 aliphatic carbocycles. The van der Waals surface area contributed by atoms with Gasteiger partial charge in [0.05, 0.1) is 6.61 Å². The fraction of sp³-hybridized carbons (Fsp3) is 0.0769. The topological polar surface area (TPSA) is 63.2 Å². The molecular formula is C13H11Cl2N3O2. The fourth-order valence-electron chi connectivity index (χ4n) is 1.44. The number of carbonyl (C=O) groups excluding carboxylic acids is 1. The van der Waals surface area contributed by atoms with E-state index >= 15 is 0 Å². The number of amides is 1. The van der Waals surface area contributed by atoms with Gasteiger partial charge in [0.2, 0.25) is 0 Å². The number of nitrogens with zero attached hydrogens (tertiary/aromatic N) is 1. The van der Waals surface area contributed by atoms with Crippen LogP contribution in [0.1, 0.15) is 15.9 Å². The Morgan fingerprint density at radius 3 is 2.45 bits per heavy atom. The molecule has 1 aromatic heterocycles. The van der Waals surface area contributed by atoms with Crippen LogP contribution in [0.3, 0.4) is 0 Å². The van der Waals surface area contributed by atoms with Crippen molar-refractivity contribution < 1.29 is 9.63 Å². The molecule has 0 atom stereocenters. The van der Waals surface area contributed by atoms with Crippen LogP contribution in [0.4, 0.5) is 0 Å². The van der Waals surface area contributed by atoms with Gasteiger partial charge in [0.1, 0.15) is 0 Å². The summed E-state index contributed by atoms with van der Waals surface area (Å²) in [6.07, 6.45) is 3.05. The van der Waals surface area contributed by atoms with Crippen LogP contribution in [-0.2, 0) is 11.4 Å². The van der Waals surface area contributed by atoms with Gasteiger partial charge in [-0.25, -0.2) is 0 Å². The summed E-state index contributed by atoms with van der Waals surface area (Å²) >= 11 is 12.0. The van der Waals surface area contributed by atoms with Gasteiger partial charge in [-0.1, -0.05) is 29.3 Å². The number of pyridine rings is 1. The van der Waals surface area contributed by atoms with Crippen LogP contribution < -0.4 is 11.0 Å². The highest BCUT2D eigenvalue weighted by Gasteiger charge is 2.06. The number of hydrazine groups is 1. The molecule has 5 nitrogen and oxygen atoms in total. The first-order chi connectivity index (χ1) is 9.68. The van der Waals surface area contributed by atoms with Crippen molar-refractivity contribution >= 4 is 29.1 Å². The summed E-state index contributed by atoms with van der Waals surface area (Å²) in [4.78, 5) is 20.6. The summed E-state index contributed by atoms with van der Waals surface area (Å²) in [7, 11) is 0. The summed E-state index contributed by atoms with van der Waals surface area (Å²) in [5.74, 6) is -0.336. The monoisotopic (exact) mass is 311 g/mol. The maximum Gasteiger partial charge on any atom is 0.267 e. The molecule has 1 aromatic carbocycles. The van der Waals surface area contributed by atoms with Crippen molar-refractivity contribution in [2.24, 2.45) is 0 Å². The predicted octanol–water partition coefficient (Wildman–Crippen LogP) is 2.75. The Kier molecular flexibility index (Phi) is 5.31. The second kappa shape index (κ2) is 7.21. The van der Waals surface area contributed by atoms with Gasteiger partial charge in [-0.3, -0.25) is 20.0 Å². The van der Waals surface area contributed by atoms with Crippen LogP contribution in [0.2, 0.25) is 10.0 Å². The van der Waals surface area contributed by atoms with Gasteiger partial charge in [-0.2, -0.15) is 0 Å². The zero-order chi connectivity index (χ0) is 14.4. The van der Waals surface area contributed by atoms with Crippen LogP contribution in [0.5, 0.6) is 0 Å². The third-order valence-corrected chi connectivity index (χ3v) is 3.17. The van der Waals surface area contributed by atoms with E-state index in [4.69, 9.17) is 28.0 Å². The first-order valence-electron chi connectivity index (χ1n) is 5.68. The number of carbonyl (C=O) groups is 1. The molecule has 0 unspecified atom stereocenters. The van der Waals surface area contributed by atoms with Gasteiger partial charge in [0.25, 0.3) is 5.91 Å². The number of hydrogen-bond acceptors (Lipinski definition) is 4. The molecule has 0 fully saturated rings. The van der Waals surface area contributed by atoms with Crippen molar-refractivity contribution in [3.63, 3.8) is 0 Å². The van der Waals surface area contributed by atoms with Crippen molar-refractivity contribution in [2.45, 2.75) is 6.61 Å². The Balaban J connectivity index is 1.81. The molecule has 2 aromatic rings. The summed E-state index contributed by atoms with van der Waals surface area (Å²) < 4.78 is 0. The molecule has 0 aliphatic heterocycles. The number of rotatable bonds is 5. The number of nitrogens with one attached hydrogen (secondary N) is 2. The smallest absolute Gasteiger partial charge is 0.267 e. The number of aromatic nitrogens is 1. The molecule has 0 bridgehead atoms. The number of halogens is 2. The van der Waals surface area contributed by atoms with Crippen LogP contribution >= 0.6 is 23.2 Å². The van der Waals surface area contributed by atoms with Crippen molar-refractivity contribution in [1.29, 1.82) is 0 Å². The molecule has 0 saturated heterocycles. The maximum atomic E-state index is 11.7. The quantitative estimate of drug-likeness (QED) is 0.658. The molecule has 7 heteroatoms. The zero-order valence-electron chi connectivity index (χ0n) is 10.3. The molecule has 0 radical (unpaired) electrons. The molecule has 2 N–H and O–H groups in total. The molecule has 0 aliphatic rings. The summed E-state index contributed by atoms with van der Waals surface area (Å²) in [6, 6.07) is 8.33. The normalized spacial score (nSPS) is 10.3. The highest BCUT2D eigenvalue weighted by Crippen LogP contribution is 2.24. The molecule has 2 rings (SSSR count). The summed E-state index contributed by atoms with van der Waals surface area (Å²) in [5.41, 5.74) is 5.84. The largest absolute Gasteiger partial charge is 0.277 e.